The lowest BCUT2D eigenvalue weighted by Crippen LogP contribution is -2.38. The van der Waals surface area contributed by atoms with Crippen molar-refractivity contribution >= 4 is 30.0 Å². The first-order chi connectivity index (χ1) is 11.3. The van der Waals surface area contributed by atoms with E-state index in [1.54, 1.807) is 30.3 Å². The molecule has 0 aliphatic carbocycles. The Kier molecular flexibility index (Phi) is 5.28. The summed E-state index contributed by atoms with van der Waals surface area (Å²) in [6, 6.07) is 11.6. The molecule has 0 radical (unpaired) electrons. The van der Waals surface area contributed by atoms with Crippen LogP contribution in [-0.2, 0) is 16.0 Å². The summed E-state index contributed by atoms with van der Waals surface area (Å²) in [4.78, 5) is 23.4. The van der Waals surface area contributed by atoms with E-state index in [0.29, 0.717) is 11.6 Å². The maximum absolute atomic E-state index is 13.2. The second kappa shape index (κ2) is 7.20. The van der Waals surface area contributed by atoms with Crippen LogP contribution in [0, 0.1) is 0 Å². The Labute approximate surface area is 136 Å². The lowest BCUT2D eigenvalue weighted by atomic mass is 9.78. The molecule has 1 N–H and O–H groups in total. The first-order valence-electron chi connectivity index (χ1n) is 7.07. The lowest BCUT2D eigenvalue weighted by molar-refractivity contribution is -0.115. The summed E-state index contributed by atoms with van der Waals surface area (Å²) in [6.07, 6.45) is -0.0517. The smallest absolute Gasteiger partial charge is 0.465 e. The number of ether oxygens (including phenoxy) is 1. The van der Waals surface area contributed by atoms with Crippen LogP contribution in [0.2, 0.25) is 0 Å². The number of halogens is 3. The Balaban J connectivity index is 2.25. The van der Waals surface area contributed by atoms with Crippen LogP contribution >= 0.6 is 0 Å². The van der Waals surface area contributed by atoms with E-state index in [-0.39, 0.29) is 17.7 Å². The van der Waals surface area contributed by atoms with E-state index in [1.807, 2.05) is 0 Å². The highest BCUT2D eigenvalue weighted by molar-refractivity contribution is 6.75. The molecule has 0 aliphatic heterocycles. The Morgan fingerprint density at radius 2 is 1.75 bits per heavy atom. The van der Waals surface area contributed by atoms with Crippen LogP contribution in [0.3, 0.4) is 0 Å². The van der Waals surface area contributed by atoms with Gasteiger partial charge in [-0.3, -0.25) is 4.79 Å². The molecule has 0 aromatic heterocycles. The van der Waals surface area contributed by atoms with Gasteiger partial charge in [-0.05, 0) is 17.7 Å². The van der Waals surface area contributed by atoms with E-state index in [2.05, 4.69) is 10.1 Å². The van der Waals surface area contributed by atoms with Crippen LogP contribution in [0.25, 0.3) is 0 Å². The number of hydrogen-bond acceptors (Lipinski definition) is 3. The molecule has 0 saturated heterocycles. The minimum atomic E-state index is -5.41. The third kappa shape index (κ3) is 4.38. The zero-order chi connectivity index (χ0) is 17.7. The van der Waals surface area contributed by atoms with Gasteiger partial charge in [0.25, 0.3) is 0 Å². The van der Waals surface area contributed by atoms with Crippen LogP contribution in [0.5, 0.6) is 0 Å². The minimum absolute atomic E-state index is 0.0517. The van der Waals surface area contributed by atoms with Crippen molar-refractivity contribution in [3.63, 3.8) is 0 Å². The maximum atomic E-state index is 13.2. The van der Waals surface area contributed by atoms with E-state index in [4.69, 9.17) is 0 Å². The molecule has 0 atom stereocenters. The predicted molar refractivity (Wildman–Crippen MR) is 85.3 cm³/mol. The highest BCUT2D eigenvalue weighted by Crippen LogP contribution is 2.18. The van der Waals surface area contributed by atoms with Crippen molar-refractivity contribution in [1.82, 2.24) is 0 Å². The summed E-state index contributed by atoms with van der Waals surface area (Å²) in [6.45, 7) is -5.41. The third-order valence-electron chi connectivity index (χ3n) is 3.31. The van der Waals surface area contributed by atoms with Gasteiger partial charge in [-0.2, -0.15) is 0 Å². The zero-order valence-corrected chi connectivity index (χ0v) is 12.8. The van der Waals surface area contributed by atoms with Crippen LogP contribution in [0.4, 0.5) is 18.6 Å². The van der Waals surface area contributed by atoms with Gasteiger partial charge in [0.1, 0.15) is 0 Å². The molecular weight excluding hydrogens is 322 g/mol. The Morgan fingerprint density at radius 1 is 1.08 bits per heavy atom. The quantitative estimate of drug-likeness (QED) is 0.675. The molecule has 2 aromatic rings. The van der Waals surface area contributed by atoms with Crippen molar-refractivity contribution in [2.24, 2.45) is 0 Å². The van der Waals surface area contributed by atoms with Gasteiger partial charge < -0.3 is 23.0 Å². The molecule has 126 valence electrons. The molecule has 0 spiro atoms. The molecule has 0 heterocycles. The summed E-state index contributed by atoms with van der Waals surface area (Å²) in [5.41, 5.74) is -0.969. The van der Waals surface area contributed by atoms with Crippen molar-refractivity contribution in [2.75, 3.05) is 12.4 Å². The fourth-order valence-corrected chi connectivity index (χ4v) is 2.17. The van der Waals surface area contributed by atoms with Crippen LogP contribution in [0.1, 0.15) is 15.9 Å². The average molecular weight is 336 g/mol. The maximum Gasteiger partial charge on any atom is 0.511 e. The number of nitrogens with one attached hydrogen (secondary N) is 1. The number of benzene rings is 2. The first-order valence-corrected chi connectivity index (χ1v) is 7.07. The van der Waals surface area contributed by atoms with Crippen LogP contribution < -0.4 is 10.8 Å². The molecule has 8 heteroatoms. The summed E-state index contributed by atoms with van der Waals surface area (Å²) in [7, 11) is 1.08. The summed E-state index contributed by atoms with van der Waals surface area (Å²) in [5, 5.41) is 2.25. The predicted octanol–water partition coefficient (Wildman–Crippen LogP) is 2.71. The summed E-state index contributed by atoms with van der Waals surface area (Å²) >= 11 is 0. The van der Waals surface area contributed by atoms with Crippen LogP contribution in [-0.4, -0.2) is 26.0 Å². The average Bonchev–Trinajstić information content (AvgIpc) is 2.54. The van der Waals surface area contributed by atoms with Crippen molar-refractivity contribution in [3.8, 4) is 0 Å². The zero-order valence-electron chi connectivity index (χ0n) is 12.8. The van der Waals surface area contributed by atoms with Gasteiger partial charge in [-0.25, -0.2) is 4.79 Å². The molecule has 0 bridgehead atoms. The molecule has 0 unspecified atom stereocenters. The van der Waals surface area contributed by atoms with Gasteiger partial charge >= 0.3 is 12.9 Å². The van der Waals surface area contributed by atoms with Gasteiger partial charge in [0, 0.05) is 5.69 Å². The SMILES string of the molecule is COC(=O)c1ccc(NC(=O)Cc2ccccc2)c([B-](F)(F)F)c1. The topological polar surface area (TPSA) is 55.4 Å². The number of methoxy groups -OCH3 is 1. The Morgan fingerprint density at radius 3 is 2.33 bits per heavy atom. The number of hydrogen-bond donors (Lipinski definition) is 1. The van der Waals surface area contributed by atoms with Gasteiger partial charge in [0.15, 0.2) is 0 Å². The van der Waals surface area contributed by atoms with Crippen molar-refractivity contribution in [1.29, 1.82) is 0 Å². The van der Waals surface area contributed by atoms with Gasteiger partial charge in [0.2, 0.25) is 5.91 Å². The molecule has 0 fully saturated rings. The van der Waals surface area contributed by atoms with E-state index >= 15 is 0 Å². The first kappa shape index (κ1) is 17.6. The molecule has 0 aliphatic rings. The number of carbonyl (C=O) groups is 2. The molecular formula is C16H14BF3NO3-. The third-order valence-corrected chi connectivity index (χ3v) is 3.31. The largest absolute Gasteiger partial charge is 0.511 e. The second-order valence-electron chi connectivity index (χ2n) is 5.08. The standard InChI is InChI=1S/C16H14BF3NO3/c1-24-16(23)12-7-8-14(13(10-12)17(18,19)20)21-15(22)9-11-5-3-2-4-6-11/h2-8,10H,9H2,1H3,(H,21,22)/q-1. The molecule has 1 amide bonds. The normalized spacial score (nSPS) is 11.0. The van der Waals surface area contributed by atoms with E-state index in [0.717, 1.165) is 13.2 Å². The van der Waals surface area contributed by atoms with Crippen molar-refractivity contribution < 1.29 is 27.3 Å². The highest BCUT2D eigenvalue weighted by Gasteiger charge is 2.30. The molecule has 2 rings (SSSR count). The van der Waals surface area contributed by atoms with E-state index < -0.39 is 24.3 Å². The Hall–Kier alpha value is -2.77. The minimum Gasteiger partial charge on any atom is -0.465 e. The van der Waals surface area contributed by atoms with E-state index in [9.17, 15) is 22.5 Å². The highest BCUT2D eigenvalue weighted by atomic mass is 19.4. The van der Waals surface area contributed by atoms with E-state index in [1.165, 1.54) is 6.07 Å². The van der Waals surface area contributed by atoms with Crippen molar-refractivity contribution in [3.05, 3.63) is 59.7 Å². The summed E-state index contributed by atoms with van der Waals surface area (Å²) < 4.78 is 44.1. The number of rotatable bonds is 5. The van der Waals surface area contributed by atoms with Gasteiger partial charge in [-0.1, -0.05) is 41.9 Å². The fourth-order valence-electron chi connectivity index (χ4n) is 2.17. The number of amides is 1. The number of esters is 1. The van der Waals surface area contributed by atoms with Gasteiger partial charge in [-0.15, -0.1) is 0 Å². The lowest BCUT2D eigenvalue weighted by Gasteiger charge is -2.21. The second-order valence-corrected chi connectivity index (χ2v) is 5.08. The molecule has 0 saturated carbocycles. The Bertz CT molecular complexity index is 748. The molecule has 24 heavy (non-hydrogen) atoms. The van der Waals surface area contributed by atoms with Crippen molar-refractivity contribution in [2.45, 2.75) is 6.42 Å². The number of anilines is 1. The molecule has 2 aromatic carbocycles. The number of carbonyl (C=O) groups excluding carboxylic acids is 2. The summed E-state index contributed by atoms with van der Waals surface area (Å²) in [5.74, 6) is -1.45. The van der Waals surface area contributed by atoms with Crippen LogP contribution in [0.15, 0.2) is 48.5 Å². The molecule has 4 nitrogen and oxygen atoms in total. The van der Waals surface area contributed by atoms with Gasteiger partial charge in [0.05, 0.1) is 19.1 Å². The monoisotopic (exact) mass is 336 g/mol. The fraction of sp³-hybridized carbons (Fsp3) is 0.125.